The van der Waals surface area contributed by atoms with E-state index in [1.54, 1.807) is 6.20 Å². The van der Waals surface area contributed by atoms with Crippen molar-refractivity contribution in [3.63, 3.8) is 0 Å². The predicted octanol–water partition coefficient (Wildman–Crippen LogP) is 7.95. The Morgan fingerprint density at radius 1 is 0.857 bits per heavy atom. The Balaban J connectivity index is 1.89. The Morgan fingerprint density at radius 3 is 2.06 bits per heavy atom. The summed E-state index contributed by atoms with van der Waals surface area (Å²) in [6.07, 6.45) is 11.1. The highest BCUT2D eigenvalue weighted by Crippen LogP contribution is 2.41. The van der Waals surface area contributed by atoms with Gasteiger partial charge in [0, 0.05) is 23.4 Å². The molecule has 1 N–H and O–H groups in total. The van der Waals surface area contributed by atoms with E-state index in [0.29, 0.717) is 19.4 Å². The van der Waals surface area contributed by atoms with Gasteiger partial charge in [-0.1, -0.05) is 76.2 Å². The summed E-state index contributed by atoms with van der Waals surface area (Å²) < 4.78 is 6.10. The zero-order valence-corrected chi connectivity index (χ0v) is 22.3. The number of aromatic nitrogens is 1. The van der Waals surface area contributed by atoms with Crippen LogP contribution in [0, 0.1) is 13.8 Å². The topological polar surface area (TPSA) is 42.4 Å². The maximum Gasteiger partial charge on any atom is 0.122 e. The lowest BCUT2D eigenvalue weighted by molar-refractivity contribution is 0.0836. The van der Waals surface area contributed by atoms with Crippen LogP contribution in [0.2, 0.25) is 0 Å². The third kappa shape index (κ3) is 6.02. The van der Waals surface area contributed by atoms with Crippen molar-refractivity contribution in [2.24, 2.45) is 0 Å². The summed E-state index contributed by atoms with van der Waals surface area (Å²) in [5.74, 6) is 0.912. The van der Waals surface area contributed by atoms with E-state index in [-0.39, 0.29) is 5.41 Å². The first kappa shape index (κ1) is 26.7. The number of aryl methyl sites for hydroxylation is 2. The number of hydrogen-bond donors (Lipinski definition) is 1. The third-order valence-corrected chi connectivity index (χ3v) is 7.67. The Labute approximate surface area is 211 Å². The molecule has 1 aromatic heterocycles. The molecule has 3 aromatic rings. The summed E-state index contributed by atoms with van der Waals surface area (Å²) in [4.78, 5) is 4.17. The van der Waals surface area contributed by atoms with Crippen molar-refractivity contribution < 1.29 is 9.84 Å². The minimum Gasteiger partial charge on any atom is -0.489 e. The van der Waals surface area contributed by atoms with Crippen LogP contribution in [0.1, 0.15) is 86.8 Å². The highest BCUT2D eigenvalue weighted by Gasteiger charge is 2.31. The van der Waals surface area contributed by atoms with Crippen molar-refractivity contribution in [2.45, 2.75) is 84.8 Å². The predicted molar refractivity (Wildman–Crippen MR) is 147 cm³/mol. The zero-order chi connectivity index (χ0) is 25.5. The maximum absolute atomic E-state index is 10.6. The molecule has 0 bridgehead atoms. The van der Waals surface area contributed by atoms with E-state index < -0.39 is 5.60 Å². The Morgan fingerprint density at radius 2 is 1.51 bits per heavy atom. The Bertz CT molecular complexity index is 1130. The van der Waals surface area contributed by atoms with Crippen LogP contribution in [0.5, 0.6) is 5.75 Å². The van der Waals surface area contributed by atoms with Crippen molar-refractivity contribution >= 4 is 6.08 Å². The van der Waals surface area contributed by atoms with E-state index in [1.807, 2.05) is 38.3 Å². The molecule has 3 nitrogen and oxygen atoms in total. The molecule has 0 fully saturated rings. The van der Waals surface area contributed by atoms with Gasteiger partial charge in [0.25, 0.3) is 0 Å². The average Bonchev–Trinajstić information content (AvgIpc) is 2.89. The molecule has 0 spiro atoms. The van der Waals surface area contributed by atoms with Crippen molar-refractivity contribution in [1.82, 2.24) is 4.98 Å². The molecule has 0 aliphatic heterocycles. The molecule has 0 atom stereocenters. The lowest BCUT2D eigenvalue weighted by atomic mass is 9.70. The molecule has 0 aliphatic rings. The molecule has 186 valence electrons. The van der Waals surface area contributed by atoms with E-state index in [1.165, 1.54) is 16.7 Å². The van der Waals surface area contributed by atoms with Gasteiger partial charge in [-0.15, -0.1) is 0 Å². The molecule has 0 amide bonds. The molecular formula is C32H41NO2. The van der Waals surface area contributed by atoms with Gasteiger partial charge < -0.3 is 9.84 Å². The monoisotopic (exact) mass is 471 g/mol. The smallest absolute Gasteiger partial charge is 0.122 e. The van der Waals surface area contributed by atoms with Crippen LogP contribution in [-0.4, -0.2) is 15.7 Å². The minimum absolute atomic E-state index is 0.0623. The zero-order valence-electron chi connectivity index (χ0n) is 22.3. The molecular weight excluding hydrogens is 430 g/mol. The summed E-state index contributed by atoms with van der Waals surface area (Å²) in [5, 5.41) is 10.6. The molecule has 2 aromatic carbocycles. The van der Waals surface area contributed by atoms with Gasteiger partial charge in [0.05, 0.1) is 5.60 Å². The third-order valence-electron chi connectivity index (χ3n) is 7.67. The molecule has 0 saturated carbocycles. The van der Waals surface area contributed by atoms with Crippen LogP contribution in [0.4, 0.5) is 0 Å². The summed E-state index contributed by atoms with van der Waals surface area (Å²) in [6.45, 7) is 13.4. The van der Waals surface area contributed by atoms with Gasteiger partial charge in [0.1, 0.15) is 12.4 Å². The van der Waals surface area contributed by atoms with Crippen LogP contribution in [0.25, 0.3) is 6.08 Å². The van der Waals surface area contributed by atoms with Crippen molar-refractivity contribution in [3.05, 3.63) is 100 Å². The number of aliphatic hydroxyl groups is 1. The van der Waals surface area contributed by atoms with E-state index in [2.05, 4.69) is 75.2 Å². The first-order valence-corrected chi connectivity index (χ1v) is 13.0. The first-order valence-electron chi connectivity index (χ1n) is 13.0. The van der Waals surface area contributed by atoms with Gasteiger partial charge in [0.2, 0.25) is 0 Å². The first-order chi connectivity index (χ1) is 16.8. The number of benzene rings is 2. The van der Waals surface area contributed by atoms with Crippen LogP contribution < -0.4 is 4.74 Å². The number of ether oxygens (including phenoxy) is 1. The van der Waals surface area contributed by atoms with Crippen molar-refractivity contribution in [3.8, 4) is 5.75 Å². The molecule has 0 saturated heterocycles. The van der Waals surface area contributed by atoms with Crippen molar-refractivity contribution in [1.29, 1.82) is 0 Å². The summed E-state index contributed by atoms with van der Waals surface area (Å²) in [6, 6.07) is 17.4. The molecule has 3 heteroatoms. The lowest BCUT2D eigenvalue weighted by Crippen LogP contribution is -2.26. The van der Waals surface area contributed by atoms with Gasteiger partial charge >= 0.3 is 0 Å². The van der Waals surface area contributed by atoms with Crippen molar-refractivity contribution in [2.75, 3.05) is 0 Å². The SMILES string of the molecule is CCC(O)(/C=C/c1ccc(C(CC)(CC)c2ccc(OCc3cccnc3)c(C)c2)cc1C)CC. The second-order valence-electron chi connectivity index (χ2n) is 9.63. The molecule has 0 aliphatic carbocycles. The highest BCUT2D eigenvalue weighted by molar-refractivity contribution is 5.57. The number of hydrogen-bond acceptors (Lipinski definition) is 3. The summed E-state index contributed by atoms with van der Waals surface area (Å²) >= 11 is 0. The number of pyridine rings is 1. The fourth-order valence-corrected chi connectivity index (χ4v) is 4.88. The Hall–Kier alpha value is -2.91. The second kappa shape index (κ2) is 11.7. The van der Waals surface area contributed by atoms with E-state index in [9.17, 15) is 5.11 Å². The van der Waals surface area contributed by atoms with Gasteiger partial charge in [-0.2, -0.15) is 0 Å². The Kier molecular flexibility index (Phi) is 8.91. The van der Waals surface area contributed by atoms with Gasteiger partial charge in [0.15, 0.2) is 0 Å². The summed E-state index contributed by atoms with van der Waals surface area (Å²) in [7, 11) is 0. The second-order valence-corrected chi connectivity index (χ2v) is 9.63. The number of rotatable bonds is 11. The highest BCUT2D eigenvalue weighted by atomic mass is 16.5. The van der Waals surface area contributed by atoms with Gasteiger partial charge in [-0.25, -0.2) is 0 Å². The molecule has 0 unspecified atom stereocenters. The standard InChI is InChI=1S/C32H41NO2/c1-7-31(34,8-2)18-17-27-13-14-28(20-24(27)5)32(9-3,10-4)29-15-16-30(25(6)21-29)35-23-26-12-11-19-33-22-26/h11-22,34H,7-10,23H2,1-6H3/b18-17+. The quantitative estimate of drug-likeness (QED) is 0.308. The number of nitrogens with zero attached hydrogens (tertiary/aromatic N) is 1. The maximum atomic E-state index is 10.6. The van der Waals surface area contributed by atoms with E-state index >= 15 is 0 Å². The van der Waals surface area contributed by atoms with E-state index in [4.69, 9.17) is 4.74 Å². The lowest BCUT2D eigenvalue weighted by Gasteiger charge is -2.34. The molecule has 35 heavy (non-hydrogen) atoms. The van der Waals surface area contributed by atoms with E-state index in [0.717, 1.165) is 35.3 Å². The fraction of sp³-hybridized carbons (Fsp3) is 0.406. The molecule has 1 heterocycles. The summed E-state index contributed by atoms with van der Waals surface area (Å²) in [5.41, 5.74) is 6.45. The normalized spacial score (nSPS) is 12.3. The van der Waals surface area contributed by atoms with Crippen LogP contribution in [0.15, 0.2) is 67.0 Å². The van der Waals surface area contributed by atoms with Gasteiger partial charge in [-0.05, 0) is 79.5 Å². The van der Waals surface area contributed by atoms with Crippen LogP contribution >= 0.6 is 0 Å². The average molecular weight is 472 g/mol. The largest absolute Gasteiger partial charge is 0.489 e. The van der Waals surface area contributed by atoms with Crippen LogP contribution in [0.3, 0.4) is 0 Å². The fourth-order valence-electron chi connectivity index (χ4n) is 4.88. The molecule has 3 rings (SSSR count). The van der Waals surface area contributed by atoms with Crippen LogP contribution in [-0.2, 0) is 12.0 Å². The van der Waals surface area contributed by atoms with Gasteiger partial charge in [-0.3, -0.25) is 4.98 Å². The molecule has 0 radical (unpaired) electrons. The minimum atomic E-state index is -0.736.